The zero-order valence-electron chi connectivity index (χ0n) is 21.6. The smallest absolute Gasteiger partial charge is 0.410 e. The van der Waals surface area contributed by atoms with Crippen molar-refractivity contribution in [2.24, 2.45) is 11.8 Å². The summed E-state index contributed by atoms with van der Waals surface area (Å²) in [5.74, 6) is -1.44. The van der Waals surface area contributed by atoms with Crippen molar-refractivity contribution in [2.75, 3.05) is 26.2 Å². The van der Waals surface area contributed by atoms with Crippen LogP contribution in [0.1, 0.15) is 50.7 Å². The molecule has 0 spiro atoms. The summed E-state index contributed by atoms with van der Waals surface area (Å²) in [5, 5.41) is 9.39. The Balaban J connectivity index is 1.29. The lowest BCUT2D eigenvalue weighted by Gasteiger charge is -2.30. The minimum absolute atomic E-state index is 0.0623. The number of rotatable bonds is 6. The molecule has 1 N–H and O–H groups in total. The Morgan fingerprint density at radius 2 is 1.65 bits per heavy atom. The zero-order chi connectivity index (χ0) is 26.3. The Kier molecular flexibility index (Phi) is 6.60. The van der Waals surface area contributed by atoms with Crippen LogP contribution in [0.15, 0.2) is 48.5 Å². The van der Waals surface area contributed by atoms with Crippen molar-refractivity contribution in [1.29, 1.82) is 0 Å². The fraction of sp³-hybridized carbons (Fsp3) is 0.483. The predicted molar refractivity (Wildman–Crippen MR) is 137 cm³/mol. The number of nitrogens with zero attached hydrogens (tertiary/aromatic N) is 2. The maximum Gasteiger partial charge on any atom is 0.410 e. The van der Waals surface area contributed by atoms with Crippen LogP contribution in [0.5, 0.6) is 0 Å². The number of hydrogen-bond acceptors (Lipinski definition) is 5. The molecule has 2 aliphatic carbocycles. The zero-order valence-corrected chi connectivity index (χ0v) is 21.6. The van der Waals surface area contributed by atoms with Crippen LogP contribution >= 0.6 is 0 Å². The number of fused-ring (bicyclic) bond motifs is 3. The number of aliphatic carboxylic acids is 1. The average molecular weight is 507 g/mol. The summed E-state index contributed by atoms with van der Waals surface area (Å²) < 4.78 is 11.4. The van der Waals surface area contributed by atoms with Crippen molar-refractivity contribution in [2.45, 2.75) is 51.2 Å². The van der Waals surface area contributed by atoms with Gasteiger partial charge >= 0.3 is 18.2 Å². The van der Waals surface area contributed by atoms with Gasteiger partial charge in [-0.1, -0.05) is 48.5 Å². The number of ether oxygens (including phenoxy) is 2. The van der Waals surface area contributed by atoms with Gasteiger partial charge in [0.2, 0.25) is 0 Å². The molecule has 8 heteroatoms. The van der Waals surface area contributed by atoms with Crippen LogP contribution in [-0.2, 0) is 14.3 Å². The lowest BCUT2D eigenvalue weighted by molar-refractivity contribution is -0.138. The number of carboxylic acids is 1. The molecule has 196 valence electrons. The van der Waals surface area contributed by atoms with Crippen LogP contribution in [0.25, 0.3) is 11.1 Å². The SMILES string of the molecule is CC(C)(C)OC(=O)N1CCC(N(C[C@H]2C[C@H]2C(=O)O)C(=O)OCC2c3ccccc3-c3ccccc32)C1. The molecule has 1 unspecified atom stereocenters. The number of benzene rings is 2. The van der Waals surface area contributed by atoms with Gasteiger partial charge in [0.1, 0.15) is 12.2 Å². The maximum atomic E-state index is 13.5. The lowest BCUT2D eigenvalue weighted by Crippen LogP contribution is -2.45. The highest BCUT2D eigenvalue weighted by Crippen LogP contribution is 2.45. The second-order valence-corrected chi connectivity index (χ2v) is 11.3. The Morgan fingerprint density at radius 1 is 1.03 bits per heavy atom. The number of hydrogen-bond donors (Lipinski definition) is 1. The fourth-order valence-electron chi connectivity index (χ4n) is 5.54. The van der Waals surface area contributed by atoms with Crippen molar-refractivity contribution in [3.63, 3.8) is 0 Å². The molecule has 0 bridgehead atoms. The van der Waals surface area contributed by atoms with Crippen molar-refractivity contribution < 1.29 is 29.0 Å². The van der Waals surface area contributed by atoms with Gasteiger partial charge in [0.25, 0.3) is 0 Å². The fourth-order valence-corrected chi connectivity index (χ4v) is 5.54. The molecule has 0 aromatic heterocycles. The van der Waals surface area contributed by atoms with E-state index >= 15 is 0 Å². The van der Waals surface area contributed by atoms with E-state index in [1.54, 1.807) is 9.80 Å². The minimum atomic E-state index is -0.834. The molecule has 1 heterocycles. The summed E-state index contributed by atoms with van der Waals surface area (Å²) in [7, 11) is 0. The van der Waals surface area contributed by atoms with Crippen molar-refractivity contribution in [1.82, 2.24) is 9.80 Å². The topological polar surface area (TPSA) is 96.4 Å². The summed E-state index contributed by atoms with van der Waals surface area (Å²) in [6.07, 6.45) is 0.269. The van der Waals surface area contributed by atoms with Gasteiger partial charge < -0.3 is 24.4 Å². The number of carboxylic acid groups (broad SMARTS) is 1. The monoisotopic (exact) mass is 506 g/mol. The van der Waals surface area contributed by atoms with E-state index < -0.39 is 29.7 Å². The normalized spacial score (nSPS) is 22.2. The molecular formula is C29H34N2O6. The van der Waals surface area contributed by atoms with E-state index in [0.29, 0.717) is 32.5 Å². The predicted octanol–water partition coefficient (Wildman–Crippen LogP) is 4.97. The van der Waals surface area contributed by atoms with E-state index in [2.05, 4.69) is 24.3 Å². The van der Waals surface area contributed by atoms with Gasteiger partial charge in [-0.2, -0.15) is 0 Å². The van der Waals surface area contributed by atoms with Crippen LogP contribution in [-0.4, -0.2) is 70.9 Å². The third-order valence-corrected chi connectivity index (χ3v) is 7.50. The van der Waals surface area contributed by atoms with Crippen LogP contribution in [0.3, 0.4) is 0 Å². The molecule has 1 saturated carbocycles. The van der Waals surface area contributed by atoms with E-state index in [1.165, 1.54) is 0 Å². The summed E-state index contributed by atoms with van der Waals surface area (Å²) in [4.78, 5) is 40.8. The Bertz CT molecular complexity index is 1160. The van der Waals surface area contributed by atoms with Crippen LogP contribution in [0, 0.1) is 11.8 Å². The first-order valence-corrected chi connectivity index (χ1v) is 12.9. The van der Waals surface area contributed by atoms with Crippen molar-refractivity contribution in [3.05, 3.63) is 59.7 Å². The maximum absolute atomic E-state index is 13.5. The van der Waals surface area contributed by atoms with Crippen LogP contribution in [0.4, 0.5) is 9.59 Å². The average Bonchev–Trinajstić information content (AvgIpc) is 3.33. The van der Waals surface area contributed by atoms with E-state index in [0.717, 1.165) is 22.3 Å². The molecule has 0 radical (unpaired) electrons. The van der Waals surface area contributed by atoms with Gasteiger partial charge in [0.15, 0.2) is 0 Å². The molecule has 3 aliphatic rings. The lowest BCUT2D eigenvalue weighted by atomic mass is 9.98. The van der Waals surface area contributed by atoms with Crippen molar-refractivity contribution >= 4 is 18.2 Å². The van der Waals surface area contributed by atoms with Crippen LogP contribution < -0.4 is 0 Å². The molecule has 2 aromatic carbocycles. The highest BCUT2D eigenvalue weighted by atomic mass is 16.6. The quantitative estimate of drug-likeness (QED) is 0.594. The van der Waals surface area contributed by atoms with Gasteiger partial charge in [-0.3, -0.25) is 4.79 Å². The summed E-state index contributed by atoms with van der Waals surface area (Å²) in [5.41, 5.74) is 3.97. The molecule has 2 aromatic rings. The standard InChI is InChI=1S/C29H34N2O6/c1-29(2,3)37-27(34)30-13-12-19(16-30)31(15-18-14-24(18)26(32)33)28(35)36-17-25-22-10-6-4-8-20(22)21-9-5-7-11-23(21)25/h4-11,18-19,24-25H,12-17H2,1-3H3,(H,32,33)/t18-,19?,24-/m1/s1. The molecule has 2 fully saturated rings. The largest absolute Gasteiger partial charge is 0.481 e. The molecule has 1 saturated heterocycles. The molecular weight excluding hydrogens is 472 g/mol. The first-order chi connectivity index (χ1) is 17.6. The van der Waals surface area contributed by atoms with Gasteiger partial charge in [-0.05, 0) is 61.8 Å². The number of carbonyl (C=O) groups is 3. The van der Waals surface area contributed by atoms with E-state index in [4.69, 9.17) is 9.47 Å². The second-order valence-electron chi connectivity index (χ2n) is 11.3. The Morgan fingerprint density at radius 3 is 2.22 bits per heavy atom. The summed E-state index contributed by atoms with van der Waals surface area (Å²) in [6.45, 7) is 6.77. The molecule has 1 aliphatic heterocycles. The molecule has 37 heavy (non-hydrogen) atoms. The summed E-state index contributed by atoms with van der Waals surface area (Å²) >= 11 is 0. The highest BCUT2D eigenvalue weighted by molar-refractivity contribution is 5.79. The highest BCUT2D eigenvalue weighted by Gasteiger charge is 2.47. The molecule has 5 rings (SSSR count). The molecule has 2 amide bonds. The number of amides is 2. The first kappa shape index (κ1) is 25.1. The molecule has 8 nitrogen and oxygen atoms in total. The molecule has 3 atom stereocenters. The first-order valence-electron chi connectivity index (χ1n) is 12.9. The Hall–Kier alpha value is -3.55. The van der Waals surface area contributed by atoms with E-state index in [-0.39, 0.29) is 24.5 Å². The third-order valence-electron chi connectivity index (χ3n) is 7.50. The van der Waals surface area contributed by atoms with Gasteiger partial charge in [-0.25, -0.2) is 9.59 Å². The number of likely N-dealkylation sites (tertiary alicyclic amines) is 1. The second kappa shape index (κ2) is 9.72. The Labute approximate surface area is 217 Å². The number of carbonyl (C=O) groups excluding carboxylic acids is 2. The van der Waals surface area contributed by atoms with E-state index in [1.807, 2.05) is 45.0 Å². The van der Waals surface area contributed by atoms with Crippen molar-refractivity contribution in [3.8, 4) is 11.1 Å². The van der Waals surface area contributed by atoms with Crippen LogP contribution in [0.2, 0.25) is 0 Å². The third kappa shape index (κ3) is 5.29. The minimum Gasteiger partial charge on any atom is -0.481 e. The van der Waals surface area contributed by atoms with Gasteiger partial charge in [-0.15, -0.1) is 0 Å². The van der Waals surface area contributed by atoms with E-state index in [9.17, 15) is 19.5 Å². The van der Waals surface area contributed by atoms with Gasteiger partial charge in [0, 0.05) is 25.6 Å². The van der Waals surface area contributed by atoms with Gasteiger partial charge in [0.05, 0.1) is 12.0 Å². The summed E-state index contributed by atoms with van der Waals surface area (Å²) in [6, 6.07) is 16.1.